The topological polar surface area (TPSA) is 9.23 Å². The lowest BCUT2D eigenvalue weighted by Crippen LogP contribution is -1.97. The van der Waals surface area contributed by atoms with Gasteiger partial charge in [-0.1, -0.05) is 49.7 Å². The van der Waals surface area contributed by atoms with Crippen molar-refractivity contribution < 1.29 is 4.74 Å². The molecule has 19 heavy (non-hydrogen) atoms. The molecule has 0 bridgehead atoms. The molecular formula is C17H20OS. The fraction of sp³-hybridized carbons (Fsp3) is 0.294. The Labute approximate surface area is 120 Å². The zero-order valence-corrected chi connectivity index (χ0v) is 12.4. The lowest BCUT2D eigenvalue weighted by Gasteiger charge is -2.11. The van der Waals surface area contributed by atoms with E-state index < -0.39 is 0 Å². The Morgan fingerprint density at radius 3 is 2.47 bits per heavy atom. The largest absolute Gasteiger partial charge is 0.488 e. The van der Waals surface area contributed by atoms with Crippen LogP contribution in [0.4, 0.5) is 0 Å². The van der Waals surface area contributed by atoms with Gasteiger partial charge in [0, 0.05) is 4.90 Å². The molecule has 0 aliphatic rings. The van der Waals surface area contributed by atoms with Crippen molar-refractivity contribution in [2.24, 2.45) is 0 Å². The molecule has 0 unspecified atom stereocenters. The third kappa shape index (κ3) is 4.03. The normalized spacial score (nSPS) is 10.4. The van der Waals surface area contributed by atoms with Gasteiger partial charge in [0.15, 0.2) is 0 Å². The van der Waals surface area contributed by atoms with Gasteiger partial charge in [-0.15, -0.1) is 11.8 Å². The van der Waals surface area contributed by atoms with Crippen molar-refractivity contribution in [1.82, 2.24) is 0 Å². The molecule has 2 heteroatoms. The monoisotopic (exact) mass is 272 g/mol. The molecule has 1 nitrogen and oxygen atoms in total. The molecule has 0 amide bonds. The zero-order chi connectivity index (χ0) is 13.5. The Bertz CT molecular complexity index is 508. The van der Waals surface area contributed by atoms with Crippen LogP contribution >= 0.6 is 11.8 Å². The molecule has 0 aromatic heterocycles. The number of thioether (sulfide) groups is 1. The van der Waals surface area contributed by atoms with Gasteiger partial charge in [-0.25, -0.2) is 0 Å². The van der Waals surface area contributed by atoms with E-state index in [1.54, 1.807) is 11.8 Å². The van der Waals surface area contributed by atoms with Crippen molar-refractivity contribution in [3.63, 3.8) is 0 Å². The minimum Gasteiger partial charge on any atom is -0.488 e. The first-order chi connectivity index (χ1) is 9.33. The SMILES string of the molecule is CCCc1ccc(OCc2ccccc2)c(SC)c1. The van der Waals surface area contributed by atoms with E-state index in [0.29, 0.717) is 6.61 Å². The molecule has 0 saturated heterocycles. The average molecular weight is 272 g/mol. The number of rotatable bonds is 6. The Kier molecular flexibility index (Phi) is 5.34. The highest BCUT2D eigenvalue weighted by molar-refractivity contribution is 7.98. The molecule has 0 radical (unpaired) electrons. The van der Waals surface area contributed by atoms with Gasteiger partial charge >= 0.3 is 0 Å². The van der Waals surface area contributed by atoms with Gasteiger partial charge in [0.25, 0.3) is 0 Å². The second kappa shape index (κ2) is 7.25. The summed E-state index contributed by atoms with van der Waals surface area (Å²) in [6, 6.07) is 16.8. The van der Waals surface area contributed by atoms with E-state index in [-0.39, 0.29) is 0 Å². The molecule has 0 atom stereocenters. The van der Waals surface area contributed by atoms with Crippen molar-refractivity contribution in [2.75, 3.05) is 6.26 Å². The number of ether oxygens (including phenoxy) is 1. The summed E-state index contributed by atoms with van der Waals surface area (Å²) in [6.45, 7) is 2.83. The maximum atomic E-state index is 5.93. The van der Waals surface area contributed by atoms with Crippen molar-refractivity contribution >= 4 is 11.8 Å². The minimum absolute atomic E-state index is 0.627. The Morgan fingerprint density at radius 2 is 1.79 bits per heavy atom. The van der Waals surface area contributed by atoms with Crippen molar-refractivity contribution in [3.8, 4) is 5.75 Å². The highest BCUT2D eigenvalue weighted by atomic mass is 32.2. The standard InChI is InChI=1S/C17H20OS/c1-3-7-14-10-11-16(17(12-14)19-2)18-13-15-8-5-4-6-9-15/h4-6,8-12H,3,7,13H2,1-2H3. The van der Waals surface area contributed by atoms with E-state index in [1.165, 1.54) is 22.4 Å². The van der Waals surface area contributed by atoms with Crippen LogP contribution in [0.1, 0.15) is 24.5 Å². The number of aryl methyl sites for hydroxylation is 1. The second-order valence-electron chi connectivity index (χ2n) is 4.51. The molecule has 0 saturated carbocycles. The van der Waals surface area contributed by atoms with Gasteiger partial charge < -0.3 is 4.74 Å². The maximum Gasteiger partial charge on any atom is 0.133 e. The summed E-state index contributed by atoms with van der Waals surface area (Å²) in [5.74, 6) is 0.983. The fourth-order valence-electron chi connectivity index (χ4n) is 2.01. The van der Waals surface area contributed by atoms with Gasteiger partial charge in [-0.2, -0.15) is 0 Å². The molecule has 2 aromatic carbocycles. The van der Waals surface area contributed by atoms with Gasteiger partial charge in [0.1, 0.15) is 12.4 Å². The molecule has 0 heterocycles. The van der Waals surface area contributed by atoms with Crippen LogP contribution in [0.2, 0.25) is 0 Å². The summed E-state index contributed by atoms with van der Waals surface area (Å²) in [4.78, 5) is 1.22. The van der Waals surface area contributed by atoms with Crippen LogP contribution < -0.4 is 4.74 Å². The molecular weight excluding hydrogens is 252 g/mol. The lowest BCUT2D eigenvalue weighted by atomic mass is 10.1. The Morgan fingerprint density at radius 1 is 1.00 bits per heavy atom. The first-order valence-electron chi connectivity index (χ1n) is 6.67. The quantitative estimate of drug-likeness (QED) is 0.689. The molecule has 2 aromatic rings. The second-order valence-corrected chi connectivity index (χ2v) is 5.36. The molecule has 2 rings (SSSR count). The highest BCUT2D eigenvalue weighted by Gasteiger charge is 2.04. The van der Waals surface area contributed by atoms with Gasteiger partial charge in [-0.3, -0.25) is 0 Å². The van der Waals surface area contributed by atoms with Crippen molar-refractivity contribution in [1.29, 1.82) is 0 Å². The molecule has 0 aliphatic heterocycles. The lowest BCUT2D eigenvalue weighted by molar-refractivity contribution is 0.299. The maximum absolute atomic E-state index is 5.93. The third-order valence-corrected chi connectivity index (χ3v) is 3.76. The predicted octanol–water partition coefficient (Wildman–Crippen LogP) is 4.94. The van der Waals surface area contributed by atoms with E-state index >= 15 is 0 Å². The third-order valence-electron chi connectivity index (χ3n) is 3.00. The van der Waals surface area contributed by atoms with Crippen molar-refractivity contribution in [3.05, 3.63) is 59.7 Å². The van der Waals surface area contributed by atoms with E-state index in [4.69, 9.17) is 4.74 Å². The van der Waals surface area contributed by atoms with Crippen LogP contribution in [-0.2, 0) is 13.0 Å². The first kappa shape index (κ1) is 14.0. The Balaban J connectivity index is 2.07. The van der Waals surface area contributed by atoms with E-state index in [9.17, 15) is 0 Å². The van der Waals surface area contributed by atoms with Gasteiger partial charge in [0.05, 0.1) is 0 Å². The van der Waals surface area contributed by atoms with Gasteiger partial charge in [-0.05, 0) is 35.9 Å². The van der Waals surface area contributed by atoms with Crippen LogP contribution in [0.3, 0.4) is 0 Å². The molecule has 100 valence electrons. The predicted molar refractivity (Wildman–Crippen MR) is 83.0 cm³/mol. The van der Waals surface area contributed by atoms with Crippen LogP contribution in [-0.4, -0.2) is 6.26 Å². The Hall–Kier alpha value is -1.41. The molecule has 0 N–H and O–H groups in total. The first-order valence-corrected chi connectivity index (χ1v) is 7.89. The van der Waals surface area contributed by atoms with Gasteiger partial charge in [0.2, 0.25) is 0 Å². The van der Waals surface area contributed by atoms with Crippen molar-refractivity contribution in [2.45, 2.75) is 31.3 Å². The zero-order valence-electron chi connectivity index (χ0n) is 11.6. The summed E-state index contributed by atoms with van der Waals surface area (Å²) in [5, 5.41) is 0. The molecule has 0 aliphatic carbocycles. The minimum atomic E-state index is 0.627. The average Bonchev–Trinajstić information content (AvgIpc) is 2.47. The summed E-state index contributed by atoms with van der Waals surface area (Å²) < 4.78 is 5.93. The van der Waals surface area contributed by atoms with E-state index in [1.807, 2.05) is 18.2 Å². The molecule has 0 fully saturated rings. The summed E-state index contributed by atoms with van der Waals surface area (Å²) in [6.07, 6.45) is 4.41. The summed E-state index contributed by atoms with van der Waals surface area (Å²) >= 11 is 1.75. The molecule has 0 spiro atoms. The van der Waals surface area contributed by atoms with Crippen LogP contribution in [0.25, 0.3) is 0 Å². The van der Waals surface area contributed by atoms with E-state index in [0.717, 1.165) is 12.2 Å². The van der Waals surface area contributed by atoms with Crippen LogP contribution in [0, 0.1) is 0 Å². The van der Waals surface area contributed by atoms with Crippen LogP contribution in [0.5, 0.6) is 5.75 Å². The van der Waals surface area contributed by atoms with E-state index in [2.05, 4.69) is 43.5 Å². The smallest absolute Gasteiger partial charge is 0.133 e. The fourth-order valence-corrected chi connectivity index (χ4v) is 2.61. The number of hydrogen-bond donors (Lipinski definition) is 0. The summed E-state index contributed by atoms with van der Waals surface area (Å²) in [5.41, 5.74) is 2.59. The number of hydrogen-bond acceptors (Lipinski definition) is 2. The highest BCUT2D eigenvalue weighted by Crippen LogP contribution is 2.29. The van der Waals surface area contributed by atoms with Crippen LogP contribution in [0.15, 0.2) is 53.4 Å². The summed E-state index contributed by atoms with van der Waals surface area (Å²) in [7, 11) is 0. The number of benzene rings is 2.